The fraction of sp³-hybridized carbons (Fsp3) is 0. The van der Waals surface area contributed by atoms with Crippen LogP contribution in [0.2, 0.25) is 0 Å². The number of hydrogen-bond acceptors (Lipinski definition) is 1. The first-order valence-electron chi connectivity index (χ1n) is 25.5. The third-order valence-electron chi connectivity index (χ3n) is 7.47. The number of hydrogen-bond donors (Lipinski definition) is 0. The zero-order valence-electron chi connectivity index (χ0n) is 46.7. The van der Waals surface area contributed by atoms with Crippen molar-refractivity contribution in [1.29, 1.82) is 0 Å². The van der Waals surface area contributed by atoms with E-state index in [1.165, 1.54) is 24.3 Å². The van der Waals surface area contributed by atoms with E-state index in [1.807, 2.05) is 0 Å². The second kappa shape index (κ2) is 10.4. The molecule has 0 bridgehead atoms. The smallest absolute Gasteiger partial charge is 0.136 e. The summed E-state index contributed by atoms with van der Waals surface area (Å²) in [6.45, 7) is 0. The van der Waals surface area contributed by atoms with Crippen LogP contribution >= 0.6 is 0 Å². The fourth-order valence-electron chi connectivity index (χ4n) is 5.63. The van der Waals surface area contributed by atoms with Crippen LogP contribution in [0.5, 0.6) is 0 Å². The van der Waals surface area contributed by atoms with Gasteiger partial charge in [0.1, 0.15) is 11.2 Å². The van der Waals surface area contributed by atoms with Crippen molar-refractivity contribution in [3.63, 3.8) is 0 Å². The second-order valence-electron chi connectivity index (χ2n) is 9.84. The molecule has 0 aliphatic rings. The highest BCUT2D eigenvalue weighted by atomic mass is 16.3. The fourth-order valence-corrected chi connectivity index (χ4v) is 5.63. The van der Waals surface area contributed by atoms with Crippen molar-refractivity contribution in [1.82, 2.24) is 0 Å². The lowest BCUT2D eigenvalue weighted by atomic mass is 9.85. The molecule has 0 amide bonds. The van der Waals surface area contributed by atoms with Crippen LogP contribution in [-0.2, 0) is 0 Å². The Balaban J connectivity index is 1.45. The zero-order valence-corrected chi connectivity index (χ0v) is 22.7. The van der Waals surface area contributed by atoms with Gasteiger partial charge in [-0.3, -0.25) is 0 Å². The van der Waals surface area contributed by atoms with E-state index in [9.17, 15) is 6.85 Å². The van der Waals surface area contributed by atoms with Crippen molar-refractivity contribution in [2.24, 2.45) is 0 Å². The molecule has 0 N–H and O–H groups in total. The van der Waals surface area contributed by atoms with Crippen molar-refractivity contribution in [3.8, 4) is 44.5 Å². The normalized spacial score (nSPS) is 19.0. The Morgan fingerprint density at radius 2 is 0.733 bits per heavy atom. The average Bonchev–Trinajstić information content (AvgIpc) is 3.73. The Labute approximate surface area is 295 Å². The summed E-state index contributed by atoms with van der Waals surface area (Å²) in [5, 5.41) is -2.06. The SMILES string of the molecule is [2H]c1c([2H])c([2H])c(-c2c3c([2H])c([2H])c([2H])c([2H])c3c(-c3ccc(-c4c([2H])c([2H])c([2H])c5oc6c([2H])c([2H])c([2H])c(-c7c([2H])c([2H])c([2H])c([2H])c7[2H])c6c45)cc3)c3c([2H])c([2H])c([2H])c([2H])c23)c([2H])c1[2H]. The van der Waals surface area contributed by atoms with E-state index in [4.69, 9.17) is 30.5 Å². The lowest BCUT2D eigenvalue weighted by Crippen LogP contribution is -1.90. The molecular formula is C44H28O. The molecule has 1 aromatic heterocycles. The molecule has 0 spiro atoms. The first-order valence-corrected chi connectivity index (χ1v) is 13.5. The molecule has 45 heavy (non-hydrogen) atoms. The highest BCUT2D eigenvalue weighted by Gasteiger charge is 2.18. The number of benzene rings is 8. The third kappa shape index (κ3) is 4.09. The van der Waals surface area contributed by atoms with Gasteiger partial charge < -0.3 is 4.42 Å². The number of fused-ring (bicyclic) bond motifs is 5. The molecule has 1 heterocycles. The molecule has 9 rings (SSSR count). The van der Waals surface area contributed by atoms with Gasteiger partial charge in [-0.05, 0) is 78.1 Å². The topological polar surface area (TPSA) is 13.1 Å². The van der Waals surface area contributed by atoms with Gasteiger partial charge in [0.25, 0.3) is 0 Å². The summed E-state index contributed by atoms with van der Waals surface area (Å²) in [5.41, 5.74) is -3.22. The van der Waals surface area contributed by atoms with Gasteiger partial charge in [0.05, 0.1) is 32.9 Å². The summed E-state index contributed by atoms with van der Waals surface area (Å²) < 4.78 is 216. The Kier molecular flexibility index (Phi) is 2.58. The van der Waals surface area contributed by atoms with E-state index in [1.54, 1.807) is 0 Å². The molecule has 0 fully saturated rings. The maximum atomic E-state index is 9.24. The zero-order chi connectivity index (χ0) is 50.6. The van der Waals surface area contributed by atoms with Gasteiger partial charge in [0, 0.05) is 10.8 Å². The molecule has 0 aliphatic carbocycles. The second-order valence-corrected chi connectivity index (χ2v) is 9.84. The molecule has 0 unspecified atom stereocenters. The van der Waals surface area contributed by atoms with Gasteiger partial charge in [-0.1, -0.05) is 157 Å². The predicted molar refractivity (Wildman–Crippen MR) is 190 cm³/mol. The molecule has 0 aliphatic heterocycles. The van der Waals surface area contributed by atoms with E-state index >= 15 is 0 Å². The summed E-state index contributed by atoms with van der Waals surface area (Å²) in [5.74, 6) is 0. The standard InChI is InChI=1S/C44H28O/c1-3-13-29(14-4-1)33-21-11-23-39-43(33)44-34(22-12-24-40(44)45-39)30-25-27-32(28-26-30)42-37-19-9-7-17-35(37)41(31-15-5-2-6-16-31)36-18-8-10-20-38(36)42/h1-28H/i1D,2D,3D,4D,5D,6D,7D,8D,9D,10D,11D,12D,13D,14D,15D,16D,17D,18D,19D,20D,21D,22D,23D,24D. The molecule has 0 saturated heterocycles. The largest absolute Gasteiger partial charge is 0.456 e. The molecule has 0 radical (unpaired) electrons. The maximum absolute atomic E-state index is 9.24. The van der Waals surface area contributed by atoms with Crippen molar-refractivity contribution in [2.45, 2.75) is 0 Å². The molecule has 9 aromatic rings. The molecule has 8 aromatic carbocycles. The van der Waals surface area contributed by atoms with Crippen molar-refractivity contribution in [3.05, 3.63) is 169 Å². The van der Waals surface area contributed by atoms with Crippen LogP contribution in [0.1, 0.15) is 32.9 Å². The Morgan fingerprint density at radius 1 is 0.333 bits per heavy atom. The molecular weight excluding hydrogens is 544 g/mol. The highest BCUT2D eigenvalue weighted by molar-refractivity contribution is 6.22. The van der Waals surface area contributed by atoms with Crippen LogP contribution in [0.4, 0.5) is 0 Å². The molecule has 210 valence electrons. The predicted octanol–water partition coefficient (Wildman–Crippen LogP) is 12.6. The van der Waals surface area contributed by atoms with E-state index in [2.05, 4.69) is 0 Å². The first kappa shape index (κ1) is 11.2. The summed E-state index contributed by atoms with van der Waals surface area (Å²) >= 11 is 0. The van der Waals surface area contributed by atoms with E-state index in [0.29, 0.717) is 0 Å². The van der Waals surface area contributed by atoms with Crippen LogP contribution in [0.3, 0.4) is 0 Å². The van der Waals surface area contributed by atoms with E-state index < -0.39 is 189 Å². The summed E-state index contributed by atoms with van der Waals surface area (Å²) in [4.78, 5) is 0. The van der Waals surface area contributed by atoms with Crippen LogP contribution in [-0.4, -0.2) is 0 Å². The Hall–Kier alpha value is -5.92. The first-order chi connectivity index (χ1) is 32.3. The maximum Gasteiger partial charge on any atom is 0.136 e. The van der Waals surface area contributed by atoms with Gasteiger partial charge in [-0.25, -0.2) is 0 Å². The Bertz CT molecular complexity index is 3740. The van der Waals surface area contributed by atoms with Crippen molar-refractivity contribution < 1.29 is 37.3 Å². The van der Waals surface area contributed by atoms with Gasteiger partial charge >= 0.3 is 0 Å². The van der Waals surface area contributed by atoms with E-state index in [-0.39, 0.29) is 43.8 Å². The quantitative estimate of drug-likeness (QED) is 0.184. The highest BCUT2D eigenvalue weighted by Crippen LogP contribution is 2.45. The number of furan rings is 1. The van der Waals surface area contributed by atoms with Gasteiger partial charge in [0.2, 0.25) is 0 Å². The van der Waals surface area contributed by atoms with Crippen LogP contribution < -0.4 is 0 Å². The van der Waals surface area contributed by atoms with Crippen LogP contribution in [0.15, 0.2) is 174 Å². The molecule has 0 saturated carbocycles. The van der Waals surface area contributed by atoms with E-state index in [0.717, 1.165) is 0 Å². The lowest BCUT2D eigenvalue weighted by molar-refractivity contribution is 0.669. The van der Waals surface area contributed by atoms with Crippen molar-refractivity contribution in [2.75, 3.05) is 0 Å². The summed E-state index contributed by atoms with van der Waals surface area (Å²) in [7, 11) is 0. The molecule has 0 atom stereocenters. The summed E-state index contributed by atoms with van der Waals surface area (Å²) in [6.07, 6.45) is 0. The minimum Gasteiger partial charge on any atom is -0.456 e. The minimum atomic E-state index is -0.824. The third-order valence-corrected chi connectivity index (χ3v) is 7.47. The van der Waals surface area contributed by atoms with Gasteiger partial charge in [0.15, 0.2) is 0 Å². The Morgan fingerprint density at radius 3 is 1.24 bits per heavy atom. The molecule has 1 heteroatoms. The lowest BCUT2D eigenvalue weighted by Gasteiger charge is -2.18. The van der Waals surface area contributed by atoms with Crippen LogP contribution in [0.25, 0.3) is 88.0 Å². The van der Waals surface area contributed by atoms with Gasteiger partial charge in [-0.15, -0.1) is 0 Å². The van der Waals surface area contributed by atoms with Crippen molar-refractivity contribution >= 4 is 43.5 Å². The summed E-state index contributed by atoms with van der Waals surface area (Å²) in [6, 6.07) is -12.8. The number of rotatable bonds is 4. The van der Waals surface area contributed by atoms with Crippen LogP contribution in [0, 0.1) is 0 Å². The minimum absolute atomic E-state index is 0.0278. The monoisotopic (exact) mass is 596 g/mol. The molecule has 1 nitrogen and oxygen atoms in total. The van der Waals surface area contributed by atoms with Gasteiger partial charge in [-0.2, -0.15) is 0 Å². The average molecular weight is 597 g/mol.